The highest BCUT2D eigenvalue weighted by atomic mass is 32.2. The number of carbonyl (C=O) groups is 3. The predicted molar refractivity (Wildman–Crippen MR) is 181 cm³/mol. The number of thioether (sulfide) groups is 1. The molecule has 2 saturated carbocycles. The number of nitrogens with zero attached hydrogens (tertiary/aromatic N) is 1. The molecule has 4 aliphatic rings. The Bertz CT molecular complexity index is 2220. The largest absolute Gasteiger partial charge is 0.493 e. The maximum Gasteiger partial charge on any atom is 0.416 e. The van der Waals surface area contributed by atoms with Gasteiger partial charge in [0.05, 0.1) is 40.8 Å². The van der Waals surface area contributed by atoms with Gasteiger partial charge < -0.3 is 19.8 Å². The summed E-state index contributed by atoms with van der Waals surface area (Å²) in [4.78, 5) is 57.4. The van der Waals surface area contributed by atoms with Crippen LogP contribution in [0.15, 0.2) is 76.6 Å². The highest BCUT2D eigenvalue weighted by Crippen LogP contribution is 2.69. The first-order chi connectivity index (χ1) is 25.1. The summed E-state index contributed by atoms with van der Waals surface area (Å²) in [5.41, 5.74) is -1.36. The summed E-state index contributed by atoms with van der Waals surface area (Å²) in [5, 5.41) is 2.84. The Labute approximate surface area is 304 Å². The number of ether oxygens (including phenoxy) is 2. The standard InChI is InChI=1S/C36H27F6N3O6S2/c1-50-23-10-15(8-9-22(23)51-14-24(46)43-18-6-2-4-16(11-18)35(37,38)39)25-26-20-13-21(29(26)52-31-30(25)53-34(49)44-31)28-27(20)32(47)45(33(28)48)19-7-3-5-17(12-19)36(40,41)42/h2-12,20-21,25-29H,13-14H2,1H3,(H,43,46)(H,44,49)/t20-,21-,25-,26?,27?,28?,29?/m1/s1. The lowest BCUT2D eigenvalue weighted by atomic mass is 9.68. The molecule has 2 N–H and O–H groups in total. The normalized spacial score (nSPS) is 25.9. The van der Waals surface area contributed by atoms with Gasteiger partial charge in [0, 0.05) is 21.7 Å². The lowest BCUT2D eigenvalue weighted by Gasteiger charge is -2.43. The van der Waals surface area contributed by atoms with Gasteiger partial charge in [0.15, 0.2) is 18.1 Å². The van der Waals surface area contributed by atoms with Crippen molar-refractivity contribution < 1.29 is 50.2 Å². The maximum absolute atomic E-state index is 14.0. The topological polar surface area (TPSA) is 118 Å². The molecule has 7 atom stereocenters. The van der Waals surface area contributed by atoms with Crippen LogP contribution in [0.4, 0.5) is 37.7 Å². The second-order valence-electron chi connectivity index (χ2n) is 13.3. The zero-order valence-corrected chi connectivity index (χ0v) is 28.9. The van der Waals surface area contributed by atoms with E-state index in [-0.39, 0.29) is 50.8 Å². The first kappa shape index (κ1) is 35.3. The highest BCUT2D eigenvalue weighted by molar-refractivity contribution is 8.00. The number of benzene rings is 3. The smallest absolute Gasteiger partial charge is 0.416 e. The minimum absolute atomic E-state index is 0.0600. The van der Waals surface area contributed by atoms with Crippen molar-refractivity contribution in [3.8, 4) is 11.5 Å². The van der Waals surface area contributed by atoms with E-state index in [2.05, 4.69) is 10.3 Å². The number of hydrogen-bond donors (Lipinski definition) is 2. The zero-order valence-electron chi connectivity index (χ0n) is 27.3. The van der Waals surface area contributed by atoms with E-state index in [1.165, 1.54) is 43.1 Å². The van der Waals surface area contributed by atoms with Gasteiger partial charge >= 0.3 is 17.2 Å². The van der Waals surface area contributed by atoms with Crippen LogP contribution in [-0.4, -0.2) is 41.7 Å². The van der Waals surface area contributed by atoms with Gasteiger partial charge in [-0.25, -0.2) is 0 Å². The van der Waals surface area contributed by atoms with Crippen LogP contribution in [0.25, 0.3) is 0 Å². The molecule has 0 spiro atoms. The molecule has 4 aromatic rings. The van der Waals surface area contributed by atoms with E-state index in [9.17, 15) is 45.5 Å². The number of hydrogen-bond acceptors (Lipinski definition) is 8. The van der Waals surface area contributed by atoms with Crippen molar-refractivity contribution in [2.24, 2.45) is 29.6 Å². The van der Waals surface area contributed by atoms with Crippen molar-refractivity contribution in [1.29, 1.82) is 0 Å². The molecule has 2 bridgehead atoms. The van der Waals surface area contributed by atoms with Crippen LogP contribution in [0.1, 0.15) is 33.9 Å². The van der Waals surface area contributed by atoms with Crippen molar-refractivity contribution >= 4 is 52.2 Å². The summed E-state index contributed by atoms with van der Waals surface area (Å²) in [6.45, 7) is -0.550. The van der Waals surface area contributed by atoms with Crippen molar-refractivity contribution in [1.82, 2.24) is 4.98 Å². The Hall–Kier alpha value is -4.77. The minimum Gasteiger partial charge on any atom is -0.493 e. The first-order valence-corrected chi connectivity index (χ1v) is 18.1. The van der Waals surface area contributed by atoms with E-state index >= 15 is 0 Å². The number of anilines is 2. The molecular formula is C36H27F6N3O6S2. The quantitative estimate of drug-likeness (QED) is 0.151. The molecule has 3 heterocycles. The predicted octanol–water partition coefficient (Wildman–Crippen LogP) is 7.18. The van der Waals surface area contributed by atoms with Gasteiger partial charge in [-0.15, -0.1) is 11.8 Å². The summed E-state index contributed by atoms with van der Waals surface area (Å²) in [6, 6.07) is 13.4. The molecule has 3 aromatic carbocycles. The molecule has 17 heteroatoms. The van der Waals surface area contributed by atoms with Crippen LogP contribution in [0.3, 0.4) is 0 Å². The van der Waals surface area contributed by atoms with E-state index in [4.69, 9.17) is 9.47 Å². The van der Waals surface area contributed by atoms with Crippen LogP contribution >= 0.6 is 23.1 Å². The molecule has 1 saturated heterocycles. The lowest BCUT2D eigenvalue weighted by molar-refractivity contribution is -0.138. The Kier molecular flexibility index (Phi) is 8.44. The fourth-order valence-corrected chi connectivity index (χ4v) is 11.5. The van der Waals surface area contributed by atoms with E-state index in [0.717, 1.165) is 45.4 Å². The van der Waals surface area contributed by atoms with Gasteiger partial charge in [0.25, 0.3) is 5.91 Å². The number of halogens is 6. The van der Waals surface area contributed by atoms with E-state index < -0.39 is 65.6 Å². The number of thiazole rings is 1. The molecule has 9 nitrogen and oxygen atoms in total. The van der Waals surface area contributed by atoms with Crippen LogP contribution in [0, 0.1) is 29.6 Å². The zero-order chi connectivity index (χ0) is 37.6. The number of fused-ring (bicyclic) bond motifs is 9. The van der Waals surface area contributed by atoms with Gasteiger partial charge in [-0.05, 0) is 78.3 Å². The highest BCUT2D eigenvalue weighted by Gasteiger charge is 2.69. The monoisotopic (exact) mass is 775 g/mol. The number of H-pyrrole nitrogens is 1. The van der Waals surface area contributed by atoms with Crippen LogP contribution in [-0.2, 0) is 26.7 Å². The Morgan fingerprint density at radius 3 is 2.26 bits per heavy atom. The van der Waals surface area contributed by atoms with E-state index in [1.807, 2.05) is 0 Å². The number of aromatic amines is 1. The van der Waals surface area contributed by atoms with Crippen LogP contribution in [0.5, 0.6) is 11.5 Å². The third kappa shape index (κ3) is 5.97. The molecule has 0 radical (unpaired) electrons. The van der Waals surface area contributed by atoms with Gasteiger partial charge in [0.2, 0.25) is 11.8 Å². The van der Waals surface area contributed by atoms with Gasteiger partial charge in [-0.1, -0.05) is 29.5 Å². The molecule has 2 aliphatic carbocycles. The van der Waals surface area contributed by atoms with Gasteiger partial charge in [-0.2, -0.15) is 26.3 Å². The molecule has 1 aromatic heterocycles. The molecule has 276 valence electrons. The third-order valence-corrected chi connectivity index (χ3v) is 13.1. The summed E-state index contributed by atoms with van der Waals surface area (Å²) in [7, 11) is 1.39. The van der Waals surface area contributed by atoms with Gasteiger partial charge in [-0.3, -0.25) is 24.1 Å². The number of rotatable bonds is 7. The molecule has 8 rings (SSSR count). The van der Waals surface area contributed by atoms with E-state index in [1.54, 1.807) is 18.2 Å². The van der Waals surface area contributed by atoms with Crippen molar-refractivity contribution in [3.63, 3.8) is 0 Å². The van der Waals surface area contributed by atoms with Crippen molar-refractivity contribution in [3.05, 3.63) is 98.0 Å². The average Bonchev–Trinajstić information content (AvgIpc) is 3.85. The third-order valence-electron chi connectivity index (χ3n) is 10.5. The van der Waals surface area contributed by atoms with Crippen LogP contribution < -0.4 is 24.6 Å². The number of nitrogens with one attached hydrogen (secondary N) is 2. The summed E-state index contributed by atoms with van der Waals surface area (Å²) in [5.74, 6) is -4.06. The second kappa shape index (κ2) is 12.7. The fourth-order valence-electron chi connectivity index (χ4n) is 8.58. The SMILES string of the molecule is COc1cc([C@H]2c3sc(=O)[nH]c3SC3C2[C@H]2C[C@@H]3C3C(=O)N(c4cccc(C(F)(F)F)c4)C(=O)C32)ccc1OCC(=O)Nc1cccc(C(F)(F)F)c1. The van der Waals surface area contributed by atoms with E-state index in [0.29, 0.717) is 17.0 Å². The minimum atomic E-state index is -4.66. The summed E-state index contributed by atoms with van der Waals surface area (Å²) < 4.78 is 91.3. The Morgan fingerprint density at radius 2 is 1.57 bits per heavy atom. The number of carbonyl (C=O) groups excluding carboxylic acids is 3. The molecule has 3 fully saturated rings. The van der Waals surface area contributed by atoms with Crippen LogP contribution in [0.2, 0.25) is 0 Å². The number of imide groups is 1. The fraction of sp³-hybridized carbons (Fsp3) is 0.333. The van der Waals surface area contributed by atoms with Crippen molar-refractivity contribution in [2.45, 2.75) is 35.0 Å². The summed E-state index contributed by atoms with van der Waals surface area (Å²) >= 11 is 2.49. The number of amides is 3. The molecule has 4 unspecified atom stereocenters. The molecule has 3 amide bonds. The van der Waals surface area contributed by atoms with Gasteiger partial charge in [0.1, 0.15) is 0 Å². The van der Waals surface area contributed by atoms with Crippen molar-refractivity contribution in [2.75, 3.05) is 23.9 Å². The summed E-state index contributed by atoms with van der Waals surface area (Å²) in [6.07, 6.45) is -8.69. The first-order valence-electron chi connectivity index (χ1n) is 16.4. The average molecular weight is 776 g/mol. The Morgan fingerprint density at radius 1 is 0.887 bits per heavy atom. The Balaban J connectivity index is 1.06. The number of aromatic nitrogens is 1. The molecule has 53 heavy (non-hydrogen) atoms. The molecular weight excluding hydrogens is 749 g/mol. The number of methoxy groups -OCH3 is 1. The molecule has 2 aliphatic heterocycles. The number of alkyl halides is 6. The lowest BCUT2D eigenvalue weighted by Crippen LogP contribution is -2.42. The maximum atomic E-state index is 14.0. The second-order valence-corrected chi connectivity index (χ2v) is 15.5.